The highest BCUT2D eigenvalue weighted by atomic mass is 35.5. The zero-order valence-electron chi connectivity index (χ0n) is 16.2. The van der Waals surface area contributed by atoms with Gasteiger partial charge in [0.15, 0.2) is 0 Å². The number of nitrogens with one attached hydrogen (secondary N) is 2. The van der Waals surface area contributed by atoms with E-state index in [2.05, 4.69) is 15.5 Å². The van der Waals surface area contributed by atoms with Crippen LogP contribution in [0.2, 0.25) is 0 Å². The highest BCUT2D eigenvalue weighted by Crippen LogP contribution is 2.61. The molecule has 0 unspecified atom stereocenters. The molecule has 4 bridgehead atoms. The van der Waals surface area contributed by atoms with Crippen LogP contribution in [0.1, 0.15) is 44.9 Å². The minimum Gasteiger partial charge on any atom is -0.379 e. The maximum Gasteiger partial charge on any atom is 0.239 e. The topological polar surface area (TPSA) is 70.7 Å². The molecule has 1 heterocycles. The summed E-state index contributed by atoms with van der Waals surface area (Å²) < 4.78 is 5.32. The lowest BCUT2D eigenvalue weighted by Crippen LogP contribution is -2.48. The van der Waals surface area contributed by atoms with Gasteiger partial charge in [-0.25, -0.2) is 0 Å². The van der Waals surface area contributed by atoms with Crippen LogP contribution in [0.25, 0.3) is 0 Å². The normalized spacial score (nSPS) is 34.7. The van der Waals surface area contributed by atoms with Crippen molar-refractivity contribution < 1.29 is 14.3 Å². The van der Waals surface area contributed by atoms with Gasteiger partial charge in [0.2, 0.25) is 11.8 Å². The Morgan fingerprint density at radius 3 is 2.11 bits per heavy atom. The molecule has 0 aromatic heterocycles. The van der Waals surface area contributed by atoms with E-state index in [0.29, 0.717) is 13.0 Å². The van der Waals surface area contributed by atoms with E-state index >= 15 is 0 Å². The number of hydrogen-bond donors (Lipinski definition) is 2. The van der Waals surface area contributed by atoms with Gasteiger partial charge in [0.1, 0.15) is 0 Å². The van der Waals surface area contributed by atoms with E-state index in [4.69, 9.17) is 4.74 Å². The van der Waals surface area contributed by atoms with Crippen LogP contribution >= 0.6 is 12.4 Å². The molecular formula is C20H34ClN3O3. The van der Waals surface area contributed by atoms with E-state index in [0.717, 1.165) is 50.6 Å². The number of amides is 2. The quantitative estimate of drug-likeness (QED) is 0.681. The lowest BCUT2D eigenvalue weighted by Gasteiger charge is -2.56. The first-order chi connectivity index (χ1) is 12.6. The number of rotatable bonds is 7. The summed E-state index contributed by atoms with van der Waals surface area (Å²) >= 11 is 0. The van der Waals surface area contributed by atoms with Gasteiger partial charge in [-0.1, -0.05) is 0 Å². The largest absolute Gasteiger partial charge is 0.379 e. The fraction of sp³-hybridized carbons (Fsp3) is 0.900. The van der Waals surface area contributed by atoms with Crippen LogP contribution in [0.15, 0.2) is 0 Å². The molecule has 0 aromatic rings. The van der Waals surface area contributed by atoms with Gasteiger partial charge in [-0.2, -0.15) is 0 Å². The Morgan fingerprint density at radius 1 is 0.926 bits per heavy atom. The molecule has 4 saturated carbocycles. The summed E-state index contributed by atoms with van der Waals surface area (Å²) in [6, 6.07) is 0. The summed E-state index contributed by atoms with van der Waals surface area (Å²) in [4.78, 5) is 26.7. The van der Waals surface area contributed by atoms with E-state index in [1.807, 2.05) is 0 Å². The average molecular weight is 400 g/mol. The van der Waals surface area contributed by atoms with Gasteiger partial charge in [0, 0.05) is 32.6 Å². The summed E-state index contributed by atoms with van der Waals surface area (Å²) in [6.45, 7) is 4.98. The van der Waals surface area contributed by atoms with E-state index in [1.54, 1.807) is 0 Å². The predicted octanol–water partition coefficient (Wildman–Crippen LogP) is 1.58. The lowest BCUT2D eigenvalue weighted by atomic mass is 9.49. The minimum atomic E-state index is -0.0860. The van der Waals surface area contributed by atoms with Crippen LogP contribution in [0.5, 0.6) is 0 Å². The summed E-state index contributed by atoms with van der Waals surface area (Å²) in [6.07, 6.45) is 8.51. The van der Waals surface area contributed by atoms with E-state index in [-0.39, 0.29) is 36.2 Å². The third-order valence-corrected chi connectivity index (χ3v) is 7.00. The van der Waals surface area contributed by atoms with Crippen molar-refractivity contribution in [2.45, 2.75) is 44.9 Å². The standard InChI is InChI=1S/C20H33N3O3.ClH/c24-18(13-20-10-15-7-16(11-20)9-17(8-15)12-20)22-14-19(25)21-1-2-23-3-5-26-6-4-23;/h15-17H,1-14H2,(H,21,25)(H,22,24);1H. The molecule has 1 aliphatic heterocycles. The number of carbonyl (C=O) groups is 2. The van der Waals surface area contributed by atoms with Crippen molar-refractivity contribution in [3.05, 3.63) is 0 Å². The monoisotopic (exact) mass is 399 g/mol. The van der Waals surface area contributed by atoms with Crippen LogP contribution in [-0.4, -0.2) is 62.7 Å². The molecule has 5 aliphatic rings. The first-order valence-corrected chi connectivity index (χ1v) is 10.4. The molecule has 0 spiro atoms. The van der Waals surface area contributed by atoms with Crippen LogP contribution in [0.3, 0.4) is 0 Å². The third-order valence-electron chi connectivity index (χ3n) is 7.00. The highest BCUT2D eigenvalue weighted by molar-refractivity contribution is 5.85. The summed E-state index contributed by atoms with van der Waals surface area (Å²) in [5.74, 6) is 2.56. The van der Waals surface area contributed by atoms with Gasteiger partial charge in [-0.15, -0.1) is 12.4 Å². The molecule has 2 N–H and O–H groups in total. The SMILES string of the molecule is Cl.O=C(CNC(=O)CC12CC3CC(CC(C3)C1)C2)NCCN1CCOCC1. The van der Waals surface area contributed by atoms with Gasteiger partial charge in [-0.05, 0) is 61.7 Å². The van der Waals surface area contributed by atoms with Gasteiger partial charge in [0.25, 0.3) is 0 Å². The van der Waals surface area contributed by atoms with E-state index in [1.165, 1.54) is 38.5 Å². The molecule has 5 fully saturated rings. The maximum atomic E-state index is 12.4. The van der Waals surface area contributed by atoms with Gasteiger partial charge in [0.05, 0.1) is 19.8 Å². The summed E-state index contributed by atoms with van der Waals surface area (Å²) in [7, 11) is 0. The van der Waals surface area contributed by atoms with E-state index < -0.39 is 0 Å². The summed E-state index contributed by atoms with van der Waals surface area (Å²) in [5, 5.41) is 5.77. The molecule has 7 heteroatoms. The van der Waals surface area contributed by atoms with E-state index in [9.17, 15) is 9.59 Å². The van der Waals surface area contributed by atoms with Gasteiger partial charge < -0.3 is 15.4 Å². The molecule has 6 nitrogen and oxygen atoms in total. The Bertz CT molecular complexity index is 501. The smallest absolute Gasteiger partial charge is 0.239 e. The van der Waals surface area contributed by atoms with Gasteiger partial charge in [-0.3, -0.25) is 14.5 Å². The summed E-state index contributed by atoms with van der Waals surface area (Å²) in [5.41, 5.74) is 0.242. The van der Waals surface area contributed by atoms with Crippen molar-refractivity contribution in [3.8, 4) is 0 Å². The van der Waals surface area contributed by atoms with Crippen molar-refractivity contribution in [1.82, 2.24) is 15.5 Å². The van der Waals surface area contributed by atoms with Crippen LogP contribution in [-0.2, 0) is 14.3 Å². The van der Waals surface area contributed by atoms with Crippen molar-refractivity contribution in [1.29, 1.82) is 0 Å². The number of halogens is 1. The maximum absolute atomic E-state index is 12.4. The van der Waals surface area contributed by atoms with Crippen molar-refractivity contribution in [3.63, 3.8) is 0 Å². The Kier molecular flexibility index (Phi) is 7.03. The Balaban J connectivity index is 0.00000210. The first-order valence-electron chi connectivity index (χ1n) is 10.4. The predicted molar refractivity (Wildman–Crippen MR) is 106 cm³/mol. The number of hydrogen-bond acceptors (Lipinski definition) is 4. The molecule has 0 radical (unpaired) electrons. The molecule has 0 aromatic carbocycles. The van der Waals surface area contributed by atoms with Gasteiger partial charge >= 0.3 is 0 Å². The van der Waals surface area contributed by atoms with Crippen molar-refractivity contribution in [2.75, 3.05) is 45.9 Å². The molecule has 2 amide bonds. The zero-order chi connectivity index (χ0) is 18.0. The van der Waals surface area contributed by atoms with Crippen LogP contribution < -0.4 is 10.6 Å². The fourth-order valence-electron chi connectivity index (χ4n) is 6.33. The van der Waals surface area contributed by atoms with Crippen LogP contribution in [0, 0.1) is 23.2 Å². The molecule has 1 saturated heterocycles. The molecular weight excluding hydrogens is 366 g/mol. The zero-order valence-corrected chi connectivity index (χ0v) is 17.0. The molecule has 0 atom stereocenters. The molecule has 4 aliphatic carbocycles. The number of morpholine rings is 1. The number of carbonyl (C=O) groups excluding carboxylic acids is 2. The Hall–Kier alpha value is -0.850. The first kappa shape index (κ1) is 20.9. The second-order valence-electron chi connectivity index (χ2n) is 9.18. The Morgan fingerprint density at radius 2 is 1.52 bits per heavy atom. The average Bonchev–Trinajstić information content (AvgIpc) is 2.59. The minimum absolute atomic E-state index is 0. The van der Waals surface area contributed by atoms with Crippen molar-refractivity contribution in [2.24, 2.45) is 23.2 Å². The van der Waals surface area contributed by atoms with Crippen molar-refractivity contribution >= 4 is 24.2 Å². The lowest BCUT2D eigenvalue weighted by molar-refractivity contribution is -0.131. The second-order valence-corrected chi connectivity index (χ2v) is 9.18. The molecule has 5 rings (SSSR count). The Labute approximate surface area is 168 Å². The fourth-order valence-corrected chi connectivity index (χ4v) is 6.33. The molecule has 27 heavy (non-hydrogen) atoms. The number of nitrogens with zero attached hydrogens (tertiary/aromatic N) is 1. The second kappa shape index (κ2) is 9.10. The third kappa shape index (κ3) is 5.36. The van der Waals surface area contributed by atoms with Crippen LogP contribution in [0.4, 0.5) is 0 Å². The highest BCUT2D eigenvalue weighted by Gasteiger charge is 2.51. The number of ether oxygens (including phenoxy) is 1. The molecule has 154 valence electrons.